The molecular formula is C43H28N2O2. The fourth-order valence-corrected chi connectivity index (χ4v) is 7.23. The number of nitrogens with zero attached hydrogens (tertiary/aromatic N) is 2. The van der Waals surface area contributed by atoms with Crippen LogP contribution in [0.25, 0.3) is 93.6 Å². The first-order chi connectivity index (χ1) is 23.2. The summed E-state index contributed by atoms with van der Waals surface area (Å²) in [6.07, 6.45) is 0.867. The van der Waals surface area contributed by atoms with Crippen molar-refractivity contribution in [3.05, 3.63) is 145 Å². The Morgan fingerprint density at radius 2 is 1.15 bits per heavy atom. The Morgan fingerprint density at radius 1 is 0.511 bits per heavy atom. The summed E-state index contributed by atoms with van der Waals surface area (Å²) in [5.74, 6) is 1.07. The summed E-state index contributed by atoms with van der Waals surface area (Å²) in [5, 5.41) is 6.75. The van der Waals surface area contributed by atoms with Crippen LogP contribution in [-0.4, -0.2) is 9.55 Å². The molecule has 0 atom stereocenters. The van der Waals surface area contributed by atoms with Crippen molar-refractivity contribution in [2.24, 2.45) is 0 Å². The van der Waals surface area contributed by atoms with Gasteiger partial charge in [0, 0.05) is 33.7 Å². The van der Waals surface area contributed by atoms with Crippen molar-refractivity contribution >= 4 is 65.7 Å². The number of para-hydroxylation sites is 3. The Balaban J connectivity index is 1.03. The van der Waals surface area contributed by atoms with Gasteiger partial charge in [0.15, 0.2) is 11.2 Å². The highest BCUT2D eigenvalue weighted by Crippen LogP contribution is 2.40. The van der Waals surface area contributed by atoms with Gasteiger partial charge < -0.3 is 8.83 Å². The van der Waals surface area contributed by atoms with Gasteiger partial charge in [-0.15, -0.1) is 0 Å². The van der Waals surface area contributed by atoms with Gasteiger partial charge in [-0.1, -0.05) is 79.7 Å². The second kappa shape index (κ2) is 9.93. The molecule has 4 nitrogen and oxygen atoms in total. The SMILES string of the molecule is CCc1nc2ccccc2n1-c1cccc(-c2ccc3cc(-c4ccc5oc6c(ccc7c8ccccc8oc76)c5c4)ccc3c2)c1. The minimum Gasteiger partial charge on any atom is -0.452 e. The molecular weight excluding hydrogens is 576 g/mol. The molecule has 0 saturated carbocycles. The zero-order chi connectivity index (χ0) is 31.1. The number of fused-ring (bicyclic) bond motifs is 9. The van der Waals surface area contributed by atoms with Crippen molar-refractivity contribution in [2.75, 3.05) is 0 Å². The molecule has 10 rings (SSSR count). The van der Waals surface area contributed by atoms with Crippen LogP contribution in [0.5, 0.6) is 0 Å². The minimum absolute atomic E-state index is 0.799. The van der Waals surface area contributed by atoms with E-state index in [4.69, 9.17) is 13.8 Å². The standard InChI is InChI=1S/C43H28N2O2/c1-2-41-44-37-11-4-5-12-38(37)45(41)32-9-7-8-26(24-32)27-14-15-29-23-30(17-16-28(29)22-27)31-18-21-40-36(25-31)35-20-19-34-33-10-3-6-13-39(33)46-42(34)43(35)47-40/h3-25H,2H2,1H3. The van der Waals surface area contributed by atoms with E-state index in [2.05, 4.69) is 127 Å². The normalized spacial score (nSPS) is 12.0. The van der Waals surface area contributed by atoms with Gasteiger partial charge in [0.25, 0.3) is 0 Å². The second-order valence-electron chi connectivity index (χ2n) is 12.3. The summed E-state index contributed by atoms with van der Waals surface area (Å²) in [6, 6.07) is 49.5. The quantitative estimate of drug-likeness (QED) is 0.201. The zero-order valence-electron chi connectivity index (χ0n) is 25.7. The lowest BCUT2D eigenvalue weighted by atomic mass is 9.97. The summed E-state index contributed by atoms with van der Waals surface area (Å²) in [7, 11) is 0. The number of furan rings is 2. The molecule has 222 valence electrons. The molecule has 0 aliphatic rings. The van der Waals surface area contributed by atoms with Crippen molar-refractivity contribution in [1.29, 1.82) is 0 Å². The Labute approximate surface area is 270 Å². The van der Waals surface area contributed by atoms with Crippen molar-refractivity contribution in [3.63, 3.8) is 0 Å². The zero-order valence-corrected chi connectivity index (χ0v) is 25.7. The molecule has 4 heteroatoms. The summed E-state index contributed by atoms with van der Waals surface area (Å²) < 4.78 is 14.9. The van der Waals surface area contributed by atoms with Crippen LogP contribution in [0.2, 0.25) is 0 Å². The topological polar surface area (TPSA) is 44.1 Å². The number of rotatable bonds is 4. The van der Waals surface area contributed by atoms with Crippen LogP contribution in [0, 0.1) is 0 Å². The van der Waals surface area contributed by atoms with Crippen molar-refractivity contribution in [1.82, 2.24) is 9.55 Å². The minimum atomic E-state index is 0.799. The lowest BCUT2D eigenvalue weighted by Crippen LogP contribution is -2.00. The van der Waals surface area contributed by atoms with Crippen molar-refractivity contribution in [3.8, 4) is 27.9 Å². The van der Waals surface area contributed by atoms with Crippen LogP contribution in [-0.2, 0) is 6.42 Å². The molecule has 10 aromatic rings. The number of benzene rings is 7. The van der Waals surface area contributed by atoms with E-state index in [0.29, 0.717) is 0 Å². The first-order valence-corrected chi connectivity index (χ1v) is 16.1. The van der Waals surface area contributed by atoms with Crippen molar-refractivity contribution in [2.45, 2.75) is 13.3 Å². The highest BCUT2D eigenvalue weighted by Gasteiger charge is 2.17. The predicted molar refractivity (Wildman–Crippen MR) is 193 cm³/mol. The molecule has 0 spiro atoms. The highest BCUT2D eigenvalue weighted by molar-refractivity contribution is 6.19. The molecule has 0 aliphatic heterocycles. The van der Waals surface area contributed by atoms with E-state index in [1.54, 1.807) is 0 Å². The van der Waals surface area contributed by atoms with Gasteiger partial charge in [-0.05, 0) is 99.8 Å². The fraction of sp³-hybridized carbons (Fsp3) is 0.0465. The largest absolute Gasteiger partial charge is 0.452 e. The van der Waals surface area contributed by atoms with E-state index < -0.39 is 0 Å². The third-order valence-electron chi connectivity index (χ3n) is 9.54. The molecule has 3 heterocycles. The average molecular weight is 605 g/mol. The van der Waals surface area contributed by atoms with Gasteiger partial charge in [-0.3, -0.25) is 4.57 Å². The molecule has 0 N–H and O–H groups in total. The number of hydrogen-bond acceptors (Lipinski definition) is 3. The van der Waals surface area contributed by atoms with Crippen LogP contribution in [0.1, 0.15) is 12.7 Å². The number of imidazole rings is 1. The van der Waals surface area contributed by atoms with Gasteiger partial charge in [0.2, 0.25) is 0 Å². The maximum Gasteiger partial charge on any atom is 0.178 e. The average Bonchev–Trinajstić information content (AvgIpc) is 3.82. The third kappa shape index (κ3) is 3.98. The van der Waals surface area contributed by atoms with Crippen LogP contribution < -0.4 is 0 Å². The van der Waals surface area contributed by atoms with Crippen LogP contribution in [0.3, 0.4) is 0 Å². The third-order valence-corrected chi connectivity index (χ3v) is 9.54. The number of aryl methyl sites for hydroxylation is 1. The smallest absolute Gasteiger partial charge is 0.178 e. The molecule has 7 aromatic carbocycles. The first-order valence-electron chi connectivity index (χ1n) is 16.1. The Hall–Kier alpha value is -6.13. The molecule has 0 unspecified atom stereocenters. The highest BCUT2D eigenvalue weighted by atomic mass is 16.4. The Kier molecular flexibility index (Phi) is 5.52. The molecule has 0 amide bonds. The van der Waals surface area contributed by atoms with Crippen LogP contribution >= 0.6 is 0 Å². The molecule has 0 aliphatic carbocycles. The lowest BCUT2D eigenvalue weighted by molar-refractivity contribution is 0.633. The summed E-state index contributed by atoms with van der Waals surface area (Å²) in [5.41, 5.74) is 11.3. The van der Waals surface area contributed by atoms with Crippen molar-refractivity contribution < 1.29 is 8.83 Å². The maximum absolute atomic E-state index is 6.38. The molecule has 0 saturated heterocycles. The van der Waals surface area contributed by atoms with E-state index in [1.807, 2.05) is 24.3 Å². The van der Waals surface area contributed by atoms with Gasteiger partial charge in [-0.25, -0.2) is 4.98 Å². The number of aromatic nitrogens is 2. The predicted octanol–water partition coefficient (Wildman–Crippen LogP) is 11.9. The summed E-state index contributed by atoms with van der Waals surface area (Å²) in [4.78, 5) is 4.89. The van der Waals surface area contributed by atoms with Gasteiger partial charge in [0.05, 0.1) is 11.0 Å². The van der Waals surface area contributed by atoms with E-state index >= 15 is 0 Å². The second-order valence-corrected chi connectivity index (χ2v) is 12.3. The van der Waals surface area contributed by atoms with E-state index in [-0.39, 0.29) is 0 Å². The van der Waals surface area contributed by atoms with Gasteiger partial charge >= 0.3 is 0 Å². The van der Waals surface area contributed by atoms with E-state index in [1.165, 1.54) is 27.5 Å². The fourth-order valence-electron chi connectivity index (χ4n) is 7.23. The van der Waals surface area contributed by atoms with Gasteiger partial charge in [-0.2, -0.15) is 0 Å². The maximum atomic E-state index is 6.38. The van der Waals surface area contributed by atoms with E-state index in [9.17, 15) is 0 Å². The number of hydrogen-bond donors (Lipinski definition) is 0. The summed E-state index contributed by atoms with van der Waals surface area (Å²) in [6.45, 7) is 2.16. The molecule has 0 radical (unpaired) electrons. The van der Waals surface area contributed by atoms with Crippen LogP contribution in [0.4, 0.5) is 0 Å². The van der Waals surface area contributed by atoms with E-state index in [0.717, 1.165) is 78.4 Å². The van der Waals surface area contributed by atoms with Crippen LogP contribution in [0.15, 0.2) is 148 Å². The Bertz CT molecular complexity index is 2850. The molecule has 3 aromatic heterocycles. The molecule has 0 fully saturated rings. The Morgan fingerprint density at radius 3 is 1.94 bits per heavy atom. The molecule has 0 bridgehead atoms. The lowest BCUT2D eigenvalue weighted by Gasteiger charge is -2.11. The monoisotopic (exact) mass is 604 g/mol. The first kappa shape index (κ1) is 26.1. The van der Waals surface area contributed by atoms with Gasteiger partial charge in [0.1, 0.15) is 17.0 Å². The summed E-state index contributed by atoms with van der Waals surface area (Å²) >= 11 is 0. The molecule has 47 heavy (non-hydrogen) atoms.